The van der Waals surface area contributed by atoms with Gasteiger partial charge in [0, 0.05) is 86.5 Å². The molecule has 0 bridgehead atoms. The molecule has 141 heavy (non-hydrogen) atoms. The summed E-state index contributed by atoms with van der Waals surface area (Å²) in [5, 5.41) is 33.7. The molecule has 0 radical (unpaired) electrons. The molecule has 0 spiro atoms. The molecule has 3 aliphatic heterocycles. The van der Waals surface area contributed by atoms with Crippen molar-refractivity contribution < 1.29 is 109 Å². The van der Waals surface area contributed by atoms with Crippen LogP contribution in [0.5, 0.6) is 0 Å². The standard InChI is InChI=1S/C14H16N2O4.C13H15BrN2O2.C13H16BrNO4.C13H14N2O4.C12H13BrN2O2.C11H14BrNO2.C7H8BrNO3S.C7H8BrNO.C7H6BrNO/c1-8(14(2)6-11(17)16-13(14)19)9-4-5-10(15-7-9)12(18)20-3;1-9(10-4-5-11(14)16-8-10)13(2,6-7-15)12(17)18-3;1-8(9-5-6-10(14)15-7-9)13(2,11(16)18-3)12(17)19-4;1-7(13(2)5-10(16)15-12(13)19)8-3-4-9(11(17)18)14-6-8;1-7(8-3-4-9(13)14-6-8)12(2)5-10(16)15-11(12)17;1-7(8(2)11(14)15-3)9-4-5-10(12)13-6-9;1-13(10,11)12-5-6-2-3-7(8)9-4-6;2*1-5(10)6-2-3-7(8)9-4-6/h4-5,7-8H,6H2,1-3H3,(H,16,17,19);4-5,8-9H,6H2,1-3H3;5-8H,1-4H3;3-4,6-7H,5H2,1-2H3,(H,17,18)(H,15,16,19);3-4,6-7H,5H2,1-2H3,(H,15,16,17);4-8H,1-3H3;2-4H,5H2,1H3;2-5,10H,1H3;2-4H,1H3/t8-,14+;9-,13?;8-;7-,13+;7-,12+;7-,8?;;5-;/m111110.0./s1. The topological polar surface area (TPSA) is 528 Å². The average molecular weight is 2420 g/mol. The highest BCUT2D eigenvalue weighted by Gasteiger charge is 2.52. The number of halogens is 7. The number of ketones is 1. The number of aliphatic hydroxyl groups excluding tert-OH is 1. The van der Waals surface area contributed by atoms with Crippen LogP contribution in [0.4, 0.5) is 0 Å². The maximum atomic E-state index is 12.0. The van der Waals surface area contributed by atoms with Gasteiger partial charge in [-0.3, -0.25) is 72.9 Å². The number of carboxylic acid groups (broad SMARTS) is 1. The Kier molecular flexibility index (Phi) is 49.2. The largest absolute Gasteiger partial charge is 0.477 e. The van der Waals surface area contributed by atoms with E-state index in [0.717, 1.165) is 68.2 Å². The molecule has 2 unspecified atom stereocenters. The van der Waals surface area contributed by atoms with Gasteiger partial charge in [-0.25, -0.2) is 54.4 Å². The van der Waals surface area contributed by atoms with Gasteiger partial charge in [-0.15, -0.1) is 0 Å². The first kappa shape index (κ1) is 122. The number of aromatic carboxylic acids is 1. The molecule has 756 valence electrons. The van der Waals surface area contributed by atoms with Crippen molar-refractivity contribution in [3.63, 3.8) is 0 Å². The Labute approximate surface area is 876 Å². The highest BCUT2D eigenvalue weighted by Crippen LogP contribution is 2.46. The maximum Gasteiger partial charge on any atom is 0.356 e. The van der Waals surface area contributed by atoms with Gasteiger partial charge in [-0.05, 0) is 295 Å². The summed E-state index contributed by atoms with van der Waals surface area (Å²) < 4.78 is 54.6. The van der Waals surface area contributed by atoms with E-state index in [1.54, 1.807) is 133 Å². The lowest BCUT2D eigenvalue weighted by atomic mass is 9.73. The number of Topliss-reactive ketones (excluding diaryl/α,β-unsaturated/α-hetero) is 1. The van der Waals surface area contributed by atoms with Crippen molar-refractivity contribution in [2.75, 3.05) is 41.8 Å². The van der Waals surface area contributed by atoms with Gasteiger partial charge in [-0.2, -0.15) is 13.7 Å². The first-order valence-electron chi connectivity index (χ1n) is 42.7. The second-order valence-corrected chi connectivity index (χ2v) is 40.8. The Balaban J connectivity index is 0.000000334. The number of ether oxygens (including phenoxy) is 5. The van der Waals surface area contributed by atoms with Crippen LogP contribution in [0.15, 0.2) is 197 Å². The molecule has 3 aliphatic rings. The first-order chi connectivity index (χ1) is 65.9. The third kappa shape index (κ3) is 36.1. The van der Waals surface area contributed by atoms with Crippen LogP contribution < -0.4 is 16.0 Å². The number of esters is 5. The molecule has 3 fully saturated rings. The molecular formula is C97H110Br7N13O23S. The van der Waals surface area contributed by atoms with Crippen LogP contribution in [-0.2, 0) is 92.5 Å². The van der Waals surface area contributed by atoms with E-state index in [-0.39, 0.29) is 132 Å². The zero-order valence-electron chi connectivity index (χ0n) is 80.7. The predicted octanol–water partition coefficient (Wildman–Crippen LogP) is 17.3. The van der Waals surface area contributed by atoms with Crippen LogP contribution >= 0.6 is 112 Å². The smallest absolute Gasteiger partial charge is 0.356 e. The van der Waals surface area contributed by atoms with Crippen LogP contribution in [0.25, 0.3) is 0 Å². The Hall–Kier alpha value is -11.0. The number of rotatable bonds is 24. The lowest BCUT2D eigenvalue weighted by Gasteiger charge is -2.30. The number of imide groups is 3. The molecule has 0 aromatic carbocycles. The molecule has 6 amide bonds. The van der Waals surface area contributed by atoms with Gasteiger partial charge in [0.2, 0.25) is 35.4 Å². The molecule has 9 aromatic heterocycles. The number of carbonyl (C=O) groups is 13. The van der Waals surface area contributed by atoms with Gasteiger partial charge >= 0.3 is 35.8 Å². The number of aromatic nitrogens is 9. The SMILES string of the molecule is CC(=O)c1ccc(Br)nc1.COC(=O)C(C)(C(=O)OC)[C@H](C)c1ccc(Br)nc1.COC(=O)C(C)(CC#N)[C@H](C)c1ccc(Br)nc1.COC(=O)C(C)[C@H](C)c1ccc(Br)nc1.COC(=O)c1ccc([C@@H](C)[C@]2(C)CC(=O)NC2=O)cn1.CS(=O)(=O)OCc1ccc(Br)nc1.C[C@H](O)c1ccc(Br)nc1.C[C@H](c1ccc(Br)nc1)[C@]1(C)CC(=O)NC1=O.C[C@H](c1ccc(C(=O)O)nc1)[C@]1(C)CC(=O)NC1=O. The van der Waals surface area contributed by atoms with Crippen molar-refractivity contribution in [3.8, 4) is 6.07 Å². The highest BCUT2D eigenvalue weighted by atomic mass is 79.9. The quantitative estimate of drug-likeness (QED) is 0.00713. The fourth-order valence-electron chi connectivity index (χ4n) is 13.5. The molecule has 12 atom stereocenters. The monoisotopic (exact) mass is 2410 g/mol. The van der Waals surface area contributed by atoms with Gasteiger partial charge < -0.3 is 33.9 Å². The number of nitrogens with zero attached hydrogens (tertiary/aromatic N) is 10. The summed E-state index contributed by atoms with van der Waals surface area (Å²) in [6.07, 6.45) is 15.8. The second kappa shape index (κ2) is 56.7. The summed E-state index contributed by atoms with van der Waals surface area (Å²) in [6, 6.07) is 33.8. The summed E-state index contributed by atoms with van der Waals surface area (Å²) in [4.78, 5) is 186. The van der Waals surface area contributed by atoms with Crippen molar-refractivity contribution in [1.29, 1.82) is 5.26 Å². The van der Waals surface area contributed by atoms with Gasteiger partial charge in [0.25, 0.3) is 10.1 Å². The third-order valence-corrected chi connectivity index (χ3v) is 27.9. The number of carbonyl (C=O) groups excluding carboxylic acids is 12. The van der Waals surface area contributed by atoms with Crippen molar-refractivity contribution in [2.45, 2.75) is 171 Å². The molecule has 12 heterocycles. The van der Waals surface area contributed by atoms with Gasteiger partial charge in [0.1, 0.15) is 43.6 Å². The fourth-order valence-corrected chi connectivity index (χ4v) is 15.5. The summed E-state index contributed by atoms with van der Waals surface area (Å²) >= 11 is 22.6. The summed E-state index contributed by atoms with van der Waals surface area (Å²) in [5.41, 5.74) is 3.00. The normalized spacial score (nSPS) is 17.5. The van der Waals surface area contributed by atoms with Crippen LogP contribution in [-0.4, -0.2) is 182 Å². The molecule has 44 heteroatoms. The Morgan fingerprint density at radius 2 is 0.766 bits per heavy atom. The minimum atomic E-state index is -3.37. The van der Waals surface area contributed by atoms with Gasteiger partial charge in [0.05, 0.1) is 94.6 Å². The predicted molar refractivity (Wildman–Crippen MR) is 542 cm³/mol. The third-order valence-electron chi connectivity index (χ3n) is 24.0. The van der Waals surface area contributed by atoms with E-state index in [2.05, 4.69) is 187 Å². The number of pyridine rings is 9. The summed E-state index contributed by atoms with van der Waals surface area (Å²) in [6.45, 7) is 25.0. The molecule has 0 aliphatic carbocycles. The average Bonchev–Trinajstić information content (AvgIpc) is 0.960. The minimum Gasteiger partial charge on any atom is -0.477 e. The Morgan fingerprint density at radius 3 is 1.04 bits per heavy atom. The number of nitriles is 1. The van der Waals surface area contributed by atoms with E-state index in [9.17, 15) is 70.7 Å². The Morgan fingerprint density at radius 1 is 0.440 bits per heavy atom. The zero-order chi connectivity index (χ0) is 107. The van der Waals surface area contributed by atoms with Gasteiger partial charge in [-0.1, -0.05) is 97.0 Å². The van der Waals surface area contributed by atoms with E-state index in [0.29, 0.717) is 20.3 Å². The van der Waals surface area contributed by atoms with E-state index in [1.807, 2.05) is 97.0 Å². The maximum absolute atomic E-state index is 12.0. The van der Waals surface area contributed by atoms with E-state index < -0.39 is 73.1 Å². The zero-order valence-corrected chi connectivity index (χ0v) is 92.7. The number of hydrogen-bond acceptors (Lipinski definition) is 32. The van der Waals surface area contributed by atoms with Gasteiger partial charge in [0.15, 0.2) is 11.2 Å². The molecular weight excluding hydrogens is 2310 g/mol. The molecule has 5 N–H and O–H groups in total. The summed E-state index contributed by atoms with van der Waals surface area (Å²) in [5.74, 6) is -5.98. The van der Waals surface area contributed by atoms with Crippen molar-refractivity contribution in [2.24, 2.45) is 33.0 Å². The number of methoxy groups -OCH3 is 5. The molecule has 0 saturated carbocycles. The minimum absolute atomic E-state index is 0.0269. The first-order valence-corrected chi connectivity index (χ1v) is 50.1. The van der Waals surface area contributed by atoms with Crippen LogP contribution in [0.2, 0.25) is 0 Å². The fraction of sp³-hybridized carbons (Fsp3) is 0.392. The molecule has 3 saturated heterocycles. The lowest BCUT2D eigenvalue weighted by Crippen LogP contribution is -2.42. The van der Waals surface area contributed by atoms with Crippen molar-refractivity contribution in [3.05, 3.63) is 259 Å². The molecule has 36 nitrogen and oxygen atoms in total. The molecule has 9 aromatic rings. The van der Waals surface area contributed by atoms with E-state index >= 15 is 0 Å². The van der Waals surface area contributed by atoms with Crippen LogP contribution in [0.1, 0.15) is 240 Å². The Bertz CT molecular complexity index is 5960. The second-order valence-electron chi connectivity index (χ2n) is 33.4. The summed E-state index contributed by atoms with van der Waals surface area (Å²) in [7, 11) is 3.15. The number of aliphatic hydroxyl groups is 1. The lowest BCUT2D eigenvalue weighted by molar-refractivity contribution is -0.169. The molecule has 12 rings (SSSR count). The number of nitrogens with one attached hydrogen (secondary N) is 3. The van der Waals surface area contributed by atoms with Crippen molar-refractivity contribution >= 4 is 199 Å². The van der Waals surface area contributed by atoms with E-state index in [1.165, 1.54) is 67.9 Å². The van der Waals surface area contributed by atoms with Crippen LogP contribution in [0.3, 0.4) is 0 Å². The van der Waals surface area contributed by atoms with E-state index in [4.69, 9.17) is 34.4 Å². The number of hydrogen-bond donors (Lipinski definition) is 5. The van der Waals surface area contributed by atoms with Crippen molar-refractivity contribution in [1.82, 2.24) is 60.8 Å². The van der Waals surface area contributed by atoms with Crippen LogP contribution in [0, 0.1) is 44.3 Å². The highest BCUT2D eigenvalue weighted by molar-refractivity contribution is 9.11. The number of carboxylic acids is 1. The number of amides is 6.